The summed E-state index contributed by atoms with van der Waals surface area (Å²) in [4.78, 5) is 11.8. The number of carbonyl (C=O) groups is 1. The van der Waals surface area contributed by atoms with Gasteiger partial charge < -0.3 is 5.32 Å². The number of hydrogen-bond acceptors (Lipinski definition) is 3. The van der Waals surface area contributed by atoms with E-state index in [2.05, 4.69) is 5.32 Å². The van der Waals surface area contributed by atoms with Crippen LogP contribution in [0.3, 0.4) is 0 Å². The molecule has 0 radical (unpaired) electrons. The Morgan fingerprint density at radius 2 is 1.90 bits per heavy atom. The lowest BCUT2D eigenvalue weighted by Gasteiger charge is -2.14. The molecule has 1 aromatic carbocycles. The number of anilines is 1. The third-order valence-corrected chi connectivity index (χ3v) is 5.09. The zero-order valence-electron chi connectivity index (χ0n) is 10.7. The van der Waals surface area contributed by atoms with E-state index < -0.39 is 15.8 Å². The van der Waals surface area contributed by atoms with Gasteiger partial charge in [0.1, 0.15) is 10.7 Å². The summed E-state index contributed by atoms with van der Waals surface area (Å²) in [5.74, 6) is 0.275. The maximum atomic E-state index is 13.2. The molecule has 1 amide bonds. The smallest absolute Gasteiger partial charge is 0.240 e. The highest BCUT2D eigenvalue weighted by molar-refractivity contribution is 7.89. The largest absolute Gasteiger partial charge is 0.325 e. The number of hydrogen-bond donors (Lipinski definition) is 2. The average molecular weight is 298 g/mol. The van der Waals surface area contributed by atoms with E-state index in [9.17, 15) is 17.6 Å². The fraction of sp³-hybridized carbons (Fsp3) is 0.462. The standard InChI is InChI=1S/C13H15FN2O3S/c14-10-1-2-12(20(15,18)19)11(6-10)16-13(17)9-4-7-3-8(7)5-9/h1-2,6-9H,3-5H2,(H,16,17)(H2,15,18,19). The number of primary sulfonamides is 1. The van der Waals surface area contributed by atoms with Crippen molar-refractivity contribution < 1.29 is 17.6 Å². The van der Waals surface area contributed by atoms with Crippen LogP contribution in [0.5, 0.6) is 0 Å². The van der Waals surface area contributed by atoms with Gasteiger partial charge in [-0.05, 0) is 49.3 Å². The molecule has 20 heavy (non-hydrogen) atoms. The van der Waals surface area contributed by atoms with Crippen LogP contribution in [0.25, 0.3) is 0 Å². The number of sulfonamides is 1. The maximum Gasteiger partial charge on any atom is 0.240 e. The van der Waals surface area contributed by atoms with Crippen LogP contribution in [0.1, 0.15) is 19.3 Å². The number of rotatable bonds is 3. The van der Waals surface area contributed by atoms with Crippen LogP contribution in [-0.2, 0) is 14.8 Å². The normalized spacial score (nSPS) is 28.0. The first-order valence-corrected chi connectivity index (χ1v) is 8.02. The second kappa shape index (κ2) is 4.53. The van der Waals surface area contributed by atoms with Crippen molar-refractivity contribution in [3.8, 4) is 0 Å². The van der Waals surface area contributed by atoms with Crippen LogP contribution in [0.4, 0.5) is 10.1 Å². The molecule has 2 atom stereocenters. The molecule has 0 saturated heterocycles. The molecule has 5 nitrogen and oxygen atoms in total. The number of nitrogens with two attached hydrogens (primary N) is 1. The van der Waals surface area contributed by atoms with E-state index in [0.29, 0.717) is 11.8 Å². The quantitative estimate of drug-likeness (QED) is 0.885. The first kappa shape index (κ1) is 13.5. The average Bonchev–Trinajstić information content (AvgIpc) is 2.94. The van der Waals surface area contributed by atoms with Crippen LogP contribution in [0.15, 0.2) is 23.1 Å². The molecule has 0 heterocycles. The molecule has 0 bridgehead atoms. The lowest BCUT2D eigenvalue weighted by Crippen LogP contribution is -2.24. The number of nitrogens with one attached hydrogen (secondary N) is 1. The zero-order chi connectivity index (χ0) is 14.5. The molecule has 0 spiro atoms. The Morgan fingerprint density at radius 3 is 2.50 bits per heavy atom. The molecule has 3 rings (SSSR count). The summed E-state index contributed by atoms with van der Waals surface area (Å²) in [6, 6.07) is 3.04. The van der Waals surface area contributed by atoms with E-state index in [1.807, 2.05) is 0 Å². The molecule has 7 heteroatoms. The van der Waals surface area contributed by atoms with Crippen LogP contribution in [0, 0.1) is 23.6 Å². The second-order valence-electron chi connectivity index (χ2n) is 5.60. The summed E-state index contributed by atoms with van der Waals surface area (Å²) in [6.07, 6.45) is 2.85. The van der Waals surface area contributed by atoms with Gasteiger partial charge in [-0.1, -0.05) is 0 Å². The summed E-state index contributed by atoms with van der Waals surface area (Å²) in [5, 5.41) is 7.57. The van der Waals surface area contributed by atoms with Gasteiger partial charge in [0.25, 0.3) is 0 Å². The van der Waals surface area contributed by atoms with Gasteiger partial charge in [0.05, 0.1) is 5.69 Å². The fourth-order valence-corrected chi connectivity index (χ4v) is 3.69. The lowest BCUT2D eigenvalue weighted by molar-refractivity contribution is -0.120. The van der Waals surface area contributed by atoms with Gasteiger partial charge in [0.2, 0.25) is 15.9 Å². The molecule has 2 fully saturated rings. The SMILES string of the molecule is NS(=O)(=O)c1ccc(F)cc1NC(=O)C1CC2CC2C1. The predicted octanol–water partition coefficient (Wildman–Crippen LogP) is 1.46. The summed E-state index contributed by atoms with van der Waals surface area (Å²) in [6.45, 7) is 0. The Morgan fingerprint density at radius 1 is 1.25 bits per heavy atom. The number of amides is 1. The summed E-state index contributed by atoms with van der Waals surface area (Å²) < 4.78 is 36.1. The van der Waals surface area contributed by atoms with Crippen molar-refractivity contribution in [3.05, 3.63) is 24.0 Å². The number of benzene rings is 1. The van der Waals surface area contributed by atoms with Crippen LogP contribution >= 0.6 is 0 Å². The highest BCUT2D eigenvalue weighted by Gasteiger charge is 2.48. The molecule has 1 aromatic rings. The maximum absolute atomic E-state index is 13.2. The molecule has 2 aliphatic carbocycles. The van der Waals surface area contributed by atoms with Gasteiger partial charge in [-0.3, -0.25) is 4.79 Å². The minimum absolute atomic E-state index is 0.0851. The van der Waals surface area contributed by atoms with Gasteiger partial charge >= 0.3 is 0 Å². The Labute approximate surface area is 116 Å². The minimum atomic E-state index is -4.00. The van der Waals surface area contributed by atoms with Gasteiger partial charge in [0.15, 0.2) is 0 Å². The first-order valence-electron chi connectivity index (χ1n) is 6.48. The Bertz CT molecular complexity index is 664. The highest BCUT2D eigenvalue weighted by Crippen LogP contribution is 2.54. The second-order valence-corrected chi connectivity index (χ2v) is 7.13. The summed E-state index contributed by atoms with van der Waals surface area (Å²) >= 11 is 0. The van der Waals surface area contributed by atoms with E-state index in [1.165, 1.54) is 6.42 Å². The Balaban J connectivity index is 1.82. The van der Waals surface area contributed by atoms with Crippen molar-refractivity contribution in [2.24, 2.45) is 22.9 Å². The molecule has 0 aromatic heterocycles. The van der Waals surface area contributed by atoms with E-state index in [-0.39, 0.29) is 22.4 Å². The van der Waals surface area contributed by atoms with Crippen LogP contribution in [-0.4, -0.2) is 14.3 Å². The van der Waals surface area contributed by atoms with Crippen molar-refractivity contribution in [2.75, 3.05) is 5.32 Å². The molecule has 0 aliphatic heterocycles. The Kier molecular flexibility index (Phi) is 3.06. The van der Waals surface area contributed by atoms with Crippen molar-refractivity contribution >= 4 is 21.6 Å². The van der Waals surface area contributed by atoms with Crippen molar-refractivity contribution in [1.82, 2.24) is 0 Å². The minimum Gasteiger partial charge on any atom is -0.325 e. The third-order valence-electron chi connectivity index (χ3n) is 4.12. The molecule has 2 aliphatic rings. The monoisotopic (exact) mass is 298 g/mol. The van der Waals surface area contributed by atoms with E-state index in [1.54, 1.807) is 0 Å². The van der Waals surface area contributed by atoms with Crippen molar-refractivity contribution in [1.29, 1.82) is 0 Å². The number of fused-ring (bicyclic) bond motifs is 1. The highest BCUT2D eigenvalue weighted by atomic mass is 32.2. The molecule has 3 N–H and O–H groups in total. The molecular weight excluding hydrogens is 283 g/mol. The number of carbonyl (C=O) groups excluding carboxylic acids is 1. The van der Waals surface area contributed by atoms with Crippen LogP contribution in [0.2, 0.25) is 0 Å². The zero-order valence-corrected chi connectivity index (χ0v) is 11.5. The summed E-state index contributed by atoms with van der Waals surface area (Å²) in [7, 11) is -4.00. The van der Waals surface area contributed by atoms with Crippen LogP contribution < -0.4 is 10.5 Å². The predicted molar refractivity (Wildman–Crippen MR) is 70.7 cm³/mol. The van der Waals surface area contributed by atoms with E-state index >= 15 is 0 Å². The molecule has 2 saturated carbocycles. The number of halogens is 1. The Hall–Kier alpha value is -1.47. The first-order chi connectivity index (χ1) is 9.34. The molecule has 108 valence electrons. The van der Waals surface area contributed by atoms with E-state index in [0.717, 1.165) is 31.0 Å². The summed E-state index contributed by atoms with van der Waals surface area (Å²) in [5.41, 5.74) is -0.0851. The fourth-order valence-electron chi connectivity index (χ4n) is 3.01. The van der Waals surface area contributed by atoms with Gasteiger partial charge in [0, 0.05) is 5.92 Å². The lowest BCUT2D eigenvalue weighted by atomic mass is 10.0. The van der Waals surface area contributed by atoms with Gasteiger partial charge in [-0.2, -0.15) is 0 Å². The van der Waals surface area contributed by atoms with E-state index in [4.69, 9.17) is 5.14 Å². The van der Waals surface area contributed by atoms with Crippen molar-refractivity contribution in [3.63, 3.8) is 0 Å². The molecule has 2 unspecified atom stereocenters. The van der Waals surface area contributed by atoms with Gasteiger partial charge in [-0.15, -0.1) is 0 Å². The van der Waals surface area contributed by atoms with Crippen molar-refractivity contribution in [2.45, 2.75) is 24.2 Å². The molecular formula is C13H15FN2O3S. The topological polar surface area (TPSA) is 89.3 Å². The van der Waals surface area contributed by atoms with Gasteiger partial charge in [-0.25, -0.2) is 17.9 Å². The third kappa shape index (κ3) is 2.55.